The molecule has 0 aromatic heterocycles. The lowest BCUT2D eigenvalue weighted by Gasteiger charge is -2.14. The van der Waals surface area contributed by atoms with Crippen molar-refractivity contribution in [1.29, 1.82) is 0 Å². The van der Waals surface area contributed by atoms with Crippen molar-refractivity contribution in [3.8, 4) is 11.5 Å². The third-order valence-corrected chi connectivity index (χ3v) is 3.09. The van der Waals surface area contributed by atoms with Crippen molar-refractivity contribution in [2.75, 3.05) is 19.0 Å². The number of esters is 1. The first-order valence-electron chi connectivity index (χ1n) is 7.40. The number of anilines is 1. The lowest BCUT2D eigenvalue weighted by Crippen LogP contribution is -2.29. The number of ether oxygens (including phenoxy) is 3. The molecule has 6 nitrogen and oxygen atoms in total. The summed E-state index contributed by atoms with van der Waals surface area (Å²) in [6.07, 6.45) is -0.808. The Hall–Kier alpha value is -3.02. The summed E-state index contributed by atoms with van der Waals surface area (Å²) in [6, 6.07) is 15.8. The van der Waals surface area contributed by atoms with Gasteiger partial charge in [0.05, 0.1) is 7.11 Å². The molecular formula is C18H19NO5. The zero-order chi connectivity index (χ0) is 17.4. The molecule has 0 spiro atoms. The predicted molar refractivity (Wildman–Crippen MR) is 89.1 cm³/mol. The number of hydrogen-bond acceptors (Lipinski definition) is 5. The summed E-state index contributed by atoms with van der Waals surface area (Å²) in [7, 11) is 1.54. The fourth-order valence-corrected chi connectivity index (χ4v) is 1.90. The van der Waals surface area contributed by atoms with E-state index in [0.717, 1.165) is 0 Å². The van der Waals surface area contributed by atoms with Crippen LogP contribution in [-0.4, -0.2) is 31.7 Å². The molecule has 1 N–H and O–H groups in total. The molecule has 0 radical (unpaired) electrons. The Bertz CT molecular complexity index is 687. The molecular weight excluding hydrogens is 310 g/mol. The summed E-state index contributed by atoms with van der Waals surface area (Å²) in [5, 5.41) is 2.62. The number of benzene rings is 2. The van der Waals surface area contributed by atoms with Crippen LogP contribution in [0.2, 0.25) is 0 Å². The van der Waals surface area contributed by atoms with Gasteiger partial charge in [-0.2, -0.15) is 0 Å². The smallest absolute Gasteiger partial charge is 0.347 e. The molecule has 0 saturated heterocycles. The topological polar surface area (TPSA) is 73.9 Å². The van der Waals surface area contributed by atoms with Crippen LogP contribution in [0.15, 0.2) is 54.6 Å². The van der Waals surface area contributed by atoms with E-state index in [-0.39, 0.29) is 0 Å². The van der Waals surface area contributed by atoms with Gasteiger partial charge in [-0.1, -0.05) is 24.3 Å². The van der Waals surface area contributed by atoms with E-state index in [1.54, 1.807) is 55.5 Å². The molecule has 2 aromatic rings. The van der Waals surface area contributed by atoms with Gasteiger partial charge in [0.25, 0.3) is 5.91 Å². The maximum absolute atomic E-state index is 11.9. The molecule has 0 saturated carbocycles. The summed E-state index contributed by atoms with van der Waals surface area (Å²) in [5.41, 5.74) is 0.559. The second kappa shape index (κ2) is 8.57. The van der Waals surface area contributed by atoms with Gasteiger partial charge in [0.1, 0.15) is 11.5 Å². The molecule has 0 bridgehead atoms. The monoisotopic (exact) mass is 329 g/mol. The van der Waals surface area contributed by atoms with Gasteiger partial charge in [-0.25, -0.2) is 4.79 Å². The molecule has 1 amide bonds. The van der Waals surface area contributed by atoms with Crippen LogP contribution in [0.4, 0.5) is 5.69 Å². The first-order chi connectivity index (χ1) is 11.6. The first-order valence-corrected chi connectivity index (χ1v) is 7.40. The molecule has 6 heteroatoms. The molecule has 24 heavy (non-hydrogen) atoms. The molecule has 0 fully saturated rings. The van der Waals surface area contributed by atoms with E-state index < -0.39 is 24.6 Å². The predicted octanol–water partition coefficient (Wildman–Crippen LogP) is 2.64. The minimum atomic E-state index is -0.808. The molecule has 1 atom stereocenters. The summed E-state index contributed by atoms with van der Waals surface area (Å²) < 4.78 is 15.5. The molecule has 2 aromatic carbocycles. The van der Waals surface area contributed by atoms with Gasteiger partial charge in [-0.15, -0.1) is 0 Å². The Labute approximate surface area is 140 Å². The van der Waals surface area contributed by atoms with E-state index >= 15 is 0 Å². The summed E-state index contributed by atoms with van der Waals surface area (Å²) in [6.45, 7) is 1.17. The molecule has 0 aliphatic carbocycles. The third-order valence-electron chi connectivity index (χ3n) is 3.09. The van der Waals surface area contributed by atoms with Crippen molar-refractivity contribution in [3.63, 3.8) is 0 Å². The Morgan fingerprint density at radius 2 is 1.75 bits per heavy atom. The lowest BCUT2D eigenvalue weighted by atomic mass is 10.3. The van der Waals surface area contributed by atoms with E-state index in [9.17, 15) is 9.59 Å². The fraction of sp³-hybridized carbons (Fsp3) is 0.222. The molecule has 0 unspecified atom stereocenters. The first kappa shape index (κ1) is 17.3. The van der Waals surface area contributed by atoms with Crippen molar-refractivity contribution in [2.45, 2.75) is 13.0 Å². The third kappa shape index (κ3) is 5.31. The number of carbonyl (C=O) groups is 2. The highest BCUT2D eigenvalue weighted by Gasteiger charge is 2.17. The molecule has 0 heterocycles. The number of nitrogens with one attached hydrogen (secondary N) is 1. The average Bonchev–Trinajstić information content (AvgIpc) is 2.60. The molecule has 126 valence electrons. The highest BCUT2D eigenvalue weighted by Crippen LogP contribution is 2.16. The van der Waals surface area contributed by atoms with E-state index in [1.807, 2.05) is 6.07 Å². The SMILES string of the molecule is COc1cccc(NC(=O)COC(=O)[C@H](C)Oc2ccccc2)c1. The van der Waals surface area contributed by atoms with Crippen molar-refractivity contribution >= 4 is 17.6 Å². The van der Waals surface area contributed by atoms with Gasteiger partial charge in [0.2, 0.25) is 0 Å². The Morgan fingerprint density at radius 3 is 2.46 bits per heavy atom. The van der Waals surface area contributed by atoms with Crippen LogP contribution in [0.3, 0.4) is 0 Å². The summed E-state index contributed by atoms with van der Waals surface area (Å²) in [4.78, 5) is 23.7. The van der Waals surface area contributed by atoms with Crippen molar-refractivity contribution < 1.29 is 23.8 Å². The van der Waals surface area contributed by atoms with Gasteiger partial charge in [0, 0.05) is 11.8 Å². The molecule has 0 aliphatic heterocycles. The maximum Gasteiger partial charge on any atom is 0.347 e. The van der Waals surface area contributed by atoms with Gasteiger partial charge in [-0.3, -0.25) is 4.79 Å². The van der Waals surface area contributed by atoms with Crippen LogP contribution in [0.5, 0.6) is 11.5 Å². The van der Waals surface area contributed by atoms with Gasteiger partial charge < -0.3 is 19.5 Å². The van der Waals surface area contributed by atoms with Crippen molar-refractivity contribution in [3.05, 3.63) is 54.6 Å². The quantitative estimate of drug-likeness (QED) is 0.791. The van der Waals surface area contributed by atoms with E-state index in [1.165, 1.54) is 7.11 Å². The molecule has 2 rings (SSSR count). The van der Waals surface area contributed by atoms with Crippen molar-refractivity contribution in [1.82, 2.24) is 0 Å². The van der Waals surface area contributed by atoms with Gasteiger partial charge >= 0.3 is 5.97 Å². The summed E-state index contributed by atoms with van der Waals surface area (Å²) in [5.74, 6) is 0.126. The van der Waals surface area contributed by atoms with Crippen LogP contribution in [0.25, 0.3) is 0 Å². The van der Waals surface area contributed by atoms with Crippen LogP contribution < -0.4 is 14.8 Å². The average molecular weight is 329 g/mol. The maximum atomic E-state index is 11.9. The van der Waals surface area contributed by atoms with Crippen molar-refractivity contribution in [2.24, 2.45) is 0 Å². The number of amides is 1. The van der Waals surface area contributed by atoms with Gasteiger partial charge in [-0.05, 0) is 31.2 Å². The highest BCUT2D eigenvalue weighted by molar-refractivity contribution is 5.93. The van der Waals surface area contributed by atoms with Crippen LogP contribution >= 0.6 is 0 Å². The van der Waals surface area contributed by atoms with Crippen LogP contribution in [-0.2, 0) is 14.3 Å². The number of carbonyl (C=O) groups excluding carboxylic acids is 2. The number of hydrogen-bond donors (Lipinski definition) is 1. The van der Waals surface area contributed by atoms with E-state index in [0.29, 0.717) is 17.2 Å². The Balaban J connectivity index is 1.79. The minimum Gasteiger partial charge on any atom is -0.497 e. The lowest BCUT2D eigenvalue weighted by molar-refractivity contribution is -0.153. The second-order valence-electron chi connectivity index (χ2n) is 4.96. The largest absolute Gasteiger partial charge is 0.497 e. The highest BCUT2D eigenvalue weighted by atomic mass is 16.6. The summed E-state index contributed by atoms with van der Waals surface area (Å²) >= 11 is 0. The second-order valence-corrected chi connectivity index (χ2v) is 4.96. The molecule has 0 aliphatic rings. The van der Waals surface area contributed by atoms with Crippen LogP contribution in [0.1, 0.15) is 6.92 Å². The standard InChI is InChI=1S/C18H19NO5/c1-13(24-15-8-4-3-5-9-15)18(21)23-12-17(20)19-14-7-6-10-16(11-14)22-2/h3-11,13H,12H2,1-2H3,(H,19,20)/t13-/m0/s1. The number of rotatable bonds is 7. The number of para-hydroxylation sites is 1. The number of methoxy groups -OCH3 is 1. The Kier molecular flexibility index (Phi) is 6.19. The zero-order valence-electron chi connectivity index (χ0n) is 13.5. The van der Waals surface area contributed by atoms with Gasteiger partial charge in [0.15, 0.2) is 12.7 Å². The fourth-order valence-electron chi connectivity index (χ4n) is 1.90. The van der Waals surface area contributed by atoms with Crippen LogP contribution in [0, 0.1) is 0 Å². The van der Waals surface area contributed by atoms with E-state index in [2.05, 4.69) is 5.32 Å². The van der Waals surface area contributed by atoms with E-state index in [4.69, 9.17) is 14.2 Å². The Morgan fingerprint density at radius 1 is 1.04 bits per heavy atom. The normalized spacial score (nSPS) is 11.2. The minimum absolute atomic E-state index is 0.390. The zero-order valence-corrected chi connectivity index (χ0v) is 13.5.